The summed E-state index contributed by atoms with van der Waals surface area (Å²) in [6.07, 6.45) is 10.9. The molecule has 0 bridgehead atoms. The van der Waals surface area contributed by atoms with E-state index >= 15 is 0 Å². The van der Waals surface area contributed by atoms with Crippen LogP contribution >= 0.6 is 0 Å². The lowest BCUT2D eigenvalue weighted by Crippen LogP contribution is -2.51. The first-order chi connectivity index (χ1) is 13.6. The minimum atomic E-state index is 0.226. The van der Waals surface area contributed by atoms with Crippen molar-refractivity contribution in [3.05, 3.63) is 0 Å². The Hall–Kier alpha value is -1.10. The van der Waals surface area contributed by atoms with Crippen molar-refractivity contribution in [3.63, 3.8) is 0 Å². The van der Waals surface area contributed by atoms with Gasteiger partial charge in [0.05, 0.1) is 0 Å². The van der Waals surface area contributed by atoms with E-state index in [9.17, 15) is 9.59 Å². The molecule has 3 saturated heterocycles. The summed E-state index contributed by atoms with van der Waals surface area (Å²) in [5, 5.41) is 0. The first kappa shape index (κ1) is 21.6. The van der Waals surface area contributed by atoms with Gasteiger partial charge in [-0.2, -0.15) is 0 Å². The highest BCUT2D eigenvalue weighted by Gasteiger charge is 2.34. The zero-order chi connectivity index (χ0) is 19.9. The van der Waals surface area contributed by atoms with Crippen molar-refractivity contribution in [1.82, 2.24) is 14.7 Å². The Labute approximate surface area is 171 Å². The number of carbonyl (C=O) groups excluding carboxylic acids is 2. The monoisotopic (exact) mass is 391 g/mol. The average molecular weight is 392 g/mol. The van der Waals surface area contributed by atoms with E-state index in [2.05, 4.69) is 28.5 Å². The lowest BCUT2D eigenvalue weighted by atomic mass is 9.91. The van der Waals surface area contributed by atoms with Crippen molar-refractivity contribution in [2.24, 2.45) is 11.8 Å². The molecule has 0 saturated carbocycles. The summed E-state index contributed by atoms with van der Waals surface area (Å²) in [4.78, 5) is 32.3. The summed E-state index contributed by atoms with van der Waals surface area (Å²) >= 11 is 0. The number of piperidine rings is 2. The number of unbranched alkanes of at least 4 members (excludes halogenated alkanes) is 1. The van der Waals surface area contributed by atoms with Crippen LogP contribution in [0.3, 0.4) is 0 Å². The van der Waals surface area contributed by atoms with Gasteiger partial charge in [0, 0.05) is 44.1 Å². The maximum atomic E-state index is 12.8. The highest BCUT2D eigenvalue weighted by Crippen LogP contribution is 2.27. The zero-order valence-electron chi connectivity index (χ0n) is 18.2. The summed E-state index contributed by atoms with van der Waals surface area (Å²) < 4.78 is 0. The molecule has 3 rings (SSSR count). The number of hydrogen-bond acceptors (Lipinski definition) is 3. The predicted octanol–water partition coefficient (Wildman–Crippen LogP) is 3.53. The molecule has 5 nitrogen and oxygen atoms in total. The van der Waals surface area contributed by atoms with E-state index < -0.39 is 0 Å². The number of nitrogens with zero attached hydrogens (tertiary/aromatic N) is 3. The van der Waals surface area contributed by atoms with Crippen molar-refractivity contribution >= 4 is 11.8 Å². The molecular formula is C23H41N3O2. The van der Waals surface area contributed by atoms with Crippen LogP contribution in [0.5, 0.6) is 0 Å². The van der Waals surface area contributed by atoms with E-state index in [0.29, 0.717) is 17.9 Å². The molecule has 3 heterocycles. The normalized spacial score (nSPS) is 23.9. The van der Waals surface area contributed by atoms with Gasteiger partial charge in [0.15, 0.2) is 0 Å². The van der Waals surface area contributed by atoms with Crippen molar-refractivity contribution < 1.29 is 9.59 Å². The predicted molar refractivity (Wildman–Crippen MR) is 113 cm³/mol. The lowest BCUT2D eigenvalue weighted by molar-refractivity contribution is -0.139. The molecule has 0 N–H and O–H groups in total. The summed E-state index contributed by atoms with van der Waals surface area (Å²) in [5.74, 6) is 1.28. The summed E-state index contributed by atoms with van der Waals surface area (Å²) in [6, 6.07) is 0.600. The van der Waals surface area contributed by atoms with Crippen LogP contribution in [0.1, 0.15) is 78.1 Å². The van der Waals surface area contributed by atoms with Gasteiger partial charge in [-0.1, -0.05) is 26.7 Å². The van der Waals surface area contributed by atoms with Crippen LogP contribution < -0.4 is 0 Å². The molecule has 3 aliphatic rings. The van der Waals surface area contributed by atoms with Crippen LogP contribution in [-0.2, 0) is 9.59 Å². The third-order valence-electron chi connectivity index (χ3n) is 7.34. The molecule has 3 aliphatic heterocycles. The van der Waals surface area contributed by atoms with Gasteiger partial charge >= 0.3 is 0 Å². The topological polar surface area (TPSA) is 43.9 Å². The van der Waals surface area contributed by atoms with E-state index in [1.54, 1.807) is 0 Å². The lowest BCUT2D eigenvalue weighted by Gasteiger charge is -2.42. The second-order valence-corrected chi connectivity index (χ2v) is 9.15. The fourth-order valence-corrected chi connectivity index (χ4v) is 5.37. The highest BCUT2D eigenvalue weighted by atomic mass is 16.2. The maximum absolute atomic E-state index is 12.8. The first-order valence-electron chi connectivity index (χ1n) is 12.0. The van der Waals surface area contributed by atoms with Crippen molar-refractivity contribution in [3.8, 4) is 0 Å². The van der Waals surface area contributed by atoms with Gasteiger partial charge in [-0.25, -0.2) is 0 Å². The van der Waals surface area contributed by atoms with E-state index in [1.165, 1.54) is 19.3 Å². The van der Waals surface area contributed by atoms with Gasteiger partial charge in [-0.05, 0) is 64.5 Å². The Balaban J connectivity index is 1.40. The van der Waals surface area contributed by atoms with Crippen molar-refractivity contribution in [1.29, 1.82) is 0 Å². The van der Waals surface area contributed by atoms with Gasteiger partial charge in [0.1, 0.15) is 0 Å². The Morgan fingerprint density at radius 3 is 2.07 bits per heavy atom. The Kier molecular flexibility index (Phi) is 8.19. The number of amides is 2. The molecule has 0 radical (unpaired) electrons. The molecule has 28 heavy (non-hydrogen) atoms. The number of likely N-dealkylation sites (tertiary alicyclic amines) is 3. The quantitative estimate of drug-likeness (QED) is 0.667. The van der Waals surface area contributed by atoms with Gasteiger partial charge in [-0.15, -0.1) is 0 Å². The Bertz CT molecular complexity index is 502. The molecule has 5 heteroatoms. The molecule has 0 spiro atoms. The Morgan fingerprint density at radius 2 is 1.50 bits per heavy atom. The minimum Gasteiger partial charge on any atom is -0.342 e. The van der Waals surface area contributed by atoms with E-state index in [-0.39, 0.29) is 11.8 Å². The molecule has 3 fully saturated rings. The van der Waals surface area contributed by atoms with E-state index in [4.69, 9.17) is 0 Å². The number of rotatable bonds is 7. The standard InChI is InChI=1S/C23H41N3O2/c1-3-5-8-19(4-2)22(27)26-17-11-21(12-18-26)24-15-9-20(10-16-24)23(28)25-13-6-7-14-25/h19-21H,3-18H2,1-2H3. The number of carbonyl (C=O) groups is 2. The second-order valence-electron chi connectivity index (χ2n) is 9.15. The van der Waals surface area contributed by atoms with Crippen LogP contribution in [0, 0.1) is 11.8 Å². The first-order valence-corrected chi connectivity index (χ1v) is 12.0. The van der Waals surface area contributed by atoms with Crippen LogP contribution in [-0.4, -0.2) is 71.8 Å². The molecule has 0 aromatic rings. The van der Waals surface area contributed by atoms with Gasteiger partial charge < -0.3 is 14.7 Å². The molecule has 160 valence electrons. The molecule has 0 aliphatic carbocycles. The third kappa shape index (κ3) is 5.28. The van der Waals surface area contributed by atoms with Crippen molar-refractivity contribution in [2.75, 3.05) is 39.3 Å². The largest absolute Gasteiger partial charge is 0.342 e. The molecule has 2 amide bonds. The molecule has 0 aromatic carbocycles. The van der Waals surface area contributed by atoms with Crippen LogP contribution in [0.4, 0.5) is 0 Å². The maximum Gasteiger partial charge on any atom is 0.225 e. The molecule has 0 aromatic heterocycles. The van der Waals surface area contributed by atoms with Crippen molar-refractivity contribution in [2.45, 2.75) is 84.1 Å². The fourth-order valence-electron chi connectivity index (χ4n) is 5.37. The molecule has 1 unspecified atom stereocenters. The molecule has 1 atom stereocenters. The highest BCUT2D eigenvalue weighted by molar-refractivity contribution is 5.79. The van der Waals surface area contributed by atoms with Gasteiger partial charge in [-0.3, -0.25) is 9.59 Å². The summed E-state index contributed by atoms with van der Waals surface area (Å²) in [7, 11) is 0. The zero-order valence-corrected chi connectivity index (χ0v) is 18.2. The Morgan fingerprint density at radius 1 is 0.857 bits per heavy atom. The summed E-state index contributed by atoms with van der Waals surface area (Å²) in [5.41, 5.74) is 0. The minimum absolute atomic E-state index is 0.226. The summed E-state index contributed by atoms with van der Waals surface area (Å²) in [6.45, 7) is 10.2. The van der Waals surface area contributed by atoms with Crippen LogP contribution in [0.25, 0.3) is 0 Å². The second kappa shape index (κ2) is 10.6. The third-order valence-corrected chi connectivity index (χ3v) is 7.34. The smallest absolute Gasteiger partial charge is 0.225 e. The van der Waals surface area contributed by atoms with Crippen LogP contribution in [0.2, 0.25) is 0 Å². The molecular weight excluding hydrogens is 350 g/mol. The number of hydrogen-bond donors (Lipinski definition) is 0. The average Bonchev–Trinajstić information content (AvgIpc) is 3.29. The van der Waals surface area contributed by atoms with Crippen LogP contribution in [0.15, 0.2) is 0 Å². The van der Waals surface area contributed by atoms with E-state index in [1.807, 2.05) is 0 Å². The van der Waals surface area contributed by atoms with Gasteiger partial charge in [0.2, 0.25) is 11.8 Å². The van der Waals surface area contributed by atoms with Gasteiger partial charge in [0.25, 0.3) is 0 Å². The SMILES string of the molecule is CCCCC(CC)C(=O)N1CCC(N2CCC(C(=O)N3CCCC3)CC2)CC1. The fraction of sp³-hybridized carbons (Fsp3) is 0.913. The van der Waals surface area contributed by atoms with E-state index in [0.717, 1.165) is 84.2 Å².